The van der Waals surface area contributed by atoms with E-state index in [1.807, 2.05) is 19.1 Å². The summed E-state index contributed by atoms with van der Waals surface area (Å²) in [4.78, 5) is 11.5. The largest absolute Gasteiger partial charge is 0.494 e. The molecule has 7 nitrogen and oxygen atoms in total. The first-order chi connectivity index (χ1) is 15.6. The van der Waals surface area contributed by atoms with Crippen LogP contribution in [-0.4, -0.2) is 49.1 Å². The smallest absolute Gasteiger partial charge is 0.347 e. The molecule has 0 spiro atoms. The van der Waals surface area contributed by atoms with Crippen LogP contribution in [0.15, 0.2) is 53.4 Å². The van der Waals surface area contributed by atoms with Gasteiger partial charge in [0.05, 0.1) is 11.5 Å². The van der Waals surface area contributed by atoms with E-state index in [2.05, 4.69) is 6.92 Å². The van der Waals surface area contributed by atoms with Crippen LogP contribution in [0.2, 0.25) is 0 Å². The Balaban J connectivity index is 2.05. The number of benzene rings is 2. The van der Waals surface area contributed by atoms with Gasteiger partial charge in [-0.1, -0.05) is 32.4 Å². The molecule has 1 N–H and O–H groups in total. The Hall–Kier alpha value is -2.58. The van der Waals surface area contributed by atoms with E-state index in [4.69, 9.17) is 9.47 Å². The molecule has 33 heavy (non-hydrogen) atoms. The Morgan fingerprint density at radius 2 is 1.55 bits per heavy atom. The van der Waals surface area contributed by atoms with E-state index in [0.717, 1.165) is 18.4 Å². The average Bonchev–Trinajstić information content (AvgIpc) is 2.78. The summed E-state index contributed by atoms with van der Waals surface area (Å²) in [6, 6.07) is 13.6. The highest BCUT2D eigenvalue weighted by Gasteiger charge is 2.29. The van der Waals surface area contributed by atoms with Gasteiger partial charge in [0.25, 0.3) is 0 Å². The van der Waals surface area contributed by atoms with Crippen LogP contribution in [0.1, 0.15) is 52.5 Å². The van der Waals surface area contributed by atoms with Crippen LogP contribution in [0.3, 0.4) is 0 Å². The average molecular weight is 478 g/mol. The number of unbranched alkanes of at least 4 members (excludes halogenated alkanes) is 1. The maximum atomic E-state index is 13.2. The van der Waals surface area contributed by atoms with Gasteiger partial charge in [0.2, 0.25) is 10.0 Å². The Morgan fingerprint density at radius 3 is 2.09 bits per heavy atom. The molecular formula is C25H35NO6S. The molecule has 182 valence electrons. The van der Waals surface area contributed by atoms with E-state index in [9.17, 15) is 18.3 Å². The second-order valence-corrected chi connectivity index (χ2v) is 10.3. The lowest BCUT2D eigenvalue weighted by atomic mass is 10.1. The predicted molar refractivity (Wildman–Crippen MR) is 128 cm³/mol. The van der Waals surface area contributed by atoms with Crippen molar-refractivity contribution in [3.05, 3.63) is 54.1 Å². The van der Waals surface area contributed by atoms with Crippen molar-refractivity contribution < 1.29 is 27.8 Å². The van der Waals surface area contributed by atoms with Crippen molar-refractivity contribution in [1.29, 1.82) is 0 Å². The Kier molecular flexibility index (Phi) is 9.73. The summed E-state index contributed by atoms with van der Waals surface area (Å²) in [5.41, 5.74) is -0.393. The van der Waals surface area contributed by atoms with E-state index in [1.165, 1.54) is 18.2 Å². The first kappa shape index (κ1) is 26.7. The third kappa shape index (κ3) is 7.75. The van der Waals surface area contributed by atoms with Crippen molar-refractivity contribution >= 4 is 16.0 Å². The lowest BCUT2D eigenvalue weighted by molar-refractivity contribution is -0.152. The quantitative estimate of drug-likeness (QED) is 0.395. The monoisotopic (exact) mass is 477 g/mol. The first-order valence-electron chi connectivity index (χ1n) is 11.3. The fourth-order valence-electron chi connectivity index (χ4n) is 3.11. The van der Waals surface area contributed by atoms with Crippen LogP contribution in [0.5, 0.6) is 11.5 Å². The highest BCUT2D eigenvalue weighted by atomic mass is 32.2. The highest BCUT2D eigenvalue weighted by Crippen LogP contribution is 2.22. The van der Waals surface area contributed by atoms with Crippen molar-refractivity contribution in [2.45, 2.75) is 63.9 Å². The van der Waals surface area contributed by atoms with Crippen LogP contribution < -0.4 is 9.47 Å². The summed E-state index contributed by atoms with van der Waals surface area (Å²) in [6.07, 6.45) is 3.22. The molecular weight excluding hydrogens is 442 g/mol. The van der Waals surface area contributed by atoms with Gasteiger partial charge in [-0.2, -0.15) is 4.31 Å². The van der Waals surface area contributed by atoms with Gasteiger partial charge < -0.3 is 14.6 Å². The standard InChI is InChI=1S/C25H35NO6S/c1-5-7-19-31-21-12-14-23(15-13-21)33(29,30)26(17-6-2)18-16-20-8-10-22(11-9-20)32-25(3,4)24(27)28/h8-15H,5-7,16-19H2,1-4H3,(H,27,28). The summed E-state index contributed by atoms with van der Waals surface area (Å²) >= 11 is 0. The molecule has 8 heteroatoms. The molecule has 0 radical (unpaired) electrons. The van der Waals surface area contributed by atoms with Gasteiger partial charge >= 0.3 is 5.97 Å². The Morgan fingerprint density at radius 1 is 0.939 bits per heavy atom. The molecule has 2 aromatic carbocycles. The number of hydrogen-bond acceptors (Lipinski definition) is 5. The third-order valence-electron chi connectivity index (χ3n) is 5.16. The van der Waals surface area contributed by atoms with E-state index >= 15 is 0 Å². The molecule has 0 atom stereocenters. The summed E-state index contributed by atoms with van der Waals surface area (Å²) in [5.74, 6) is 0.0656. The number of hydrogen-bond donors (Lipinski definition) is 1. The summed E-state index contributed by atoms with van der Waals surface area (Å²) in [6.45, 7) is 8.38. The van der Waals surface area contributed by atoms with Crippen LogP contribution >= 0.6 is 0 Å². The second-order valence-electron chi connectivity index (χ2n) is 8.39. The minimum absolute atomic E-state index is 0.249. The van der Waals surface area contributed by atoms with Gasteiger partial charge in [-0.15, -0.1) is 0 Å². The van der Waals surface area contributed by atoms with E-state index in [0.29, 0.717) is 44.0 Å². The molecule has 0 bridgehead atoms. The maximum Gasteiger partial charge on any atom is 0.347 e. The minimum Gasteiger partial charge on any atom is -0.494 e. The van der Waals surface area contributed by atoms with Gasteiger partial charge in [0, 0.05) is 13.1 Å². The normalized spacial score (nSPS) is 12.0. The number of ether oxygens (including phenoxy) is 2. The molecule has 0 aliphatic rings. The van der Waals surface area contributed by atoms with Crippen molar-refractivity contribution in [3.8, 4) is 11.5 Å². The molecule has 0 heterocycles. The van der Waals surface area contributed by atoms with Gasteiger partial charge in [-0.3, -0.25) is 0 Å². The zero-order valence-corrected chi connectivity index (χ0v) is 20.7. The van der Waals surface area contributed by atoms with Crippen LogP contribution in [0, 0.1) is 0 Å². The van der Waals surface area contributed by atoms with Crippen LogP contribution in [0.4, 0.5) is 0 Å². The van der Waals surface area contributed by atoms with Gasteiger partial charge in [-0.05, 0) is 75.1 Å². The molecule has 0 aliphatic heterocycles. The molecule has 2 aromatic rings. The lowest BCUT2D eigenvalue weighted by Gasteiger charge is -2.23. The van der Waals surface area contributed by atoms with E-state index < -0.39 is 21.6 Å². The van der Waals surface area contributed by atoms with E-state index in [-0.39, 0.29) is 4.90 Å². The topological polar surface area (TPSA) is 93.1 Å². The van der Waals surface area contributed by atoms with Gasteiger partial charge in [-0.25, -0.2) is 13.2 Å². The highest BCUT2D eigenvalue weighted by molar-refractivity contribution is 7.89. The van der Waals surface area contributed by atoms with Crippen molar-refractivity contribution in [3.63, 3.8) is 0 Å². The molecule has 0 saturated heterocycles. The molecule has 0 aromatic heterocycles. The van der Waals surface area contributed by atoms with Crippen LogP contribution in [-0.2, 0) is 21.2 Å². The molecule has 2 rings (SSSR count). The van der Waals surface area contributed by atoms with Gasteiger partial charge in [0.1, 0.15) is 11.5 Å². The first-order valence-corrected chi connectivity index (χ1v) is 12.8. The summed E-state index contributed by atoms with van der Waals surface area (Å²) in [5, 5.41) is 9.19. The predicted octanol–water partition coefficient (Wildman–Crippen LogP) is 4.75. The number of carboxylic acid groups (broad SMARTS) is 1. The molecule has 0 aliphatic carbocycles. The number of sulfonamides is 1. The zero-order valence-electron chi connectivity index (χ0n) is 19.9. The minimum atomic E-state index is -3.63. The molecule has 0 unspecified atom stereocenters. The van der Waals surface area contributed by atoms with Crippen LogP contribution in [0.25, 0.3) is 0 Å². The molecule has 0 fully saturated rings. The maximum absolute atomic E-state index is 13.2. The number of rotatable bonds is 14. The Bertz CT molecular complexity index is 985. The zero-order chi connectivity index (χ0) is 24.5. The number of carboxylic acids is 1. The van der Waals surface area contributed by atoms with E-state index in [1.54, 1.807) is 36.4 Å². The van der Waals surface area contributed by atoms with Crippen molar-refractivity contribution in [2.75, 3.05) is 19.7 Å². The second kappa shape index (κ2) is 12.0. The summed E-state index contributed by atoms with van der Waals surface area (Å²) in [7, 11) is -3.63. The lowest BCUT2D eigenvalue weighted by Crippen LogP contribution is -2.37. The third-order valence-corrected chi connectivity index (χ3v) is 7.08. The number of aliphatic carboxylic acids is 1. The number of carbonyl (C=O) groups is 1. The summed E-state index contributed by atoms with van der Waals surface area (Å²) < 4.78 is 39.0. The fraction of sp³-hybridized carbons (Fsp3) is 0.480. The van der Waals surface area contributed by atoms with Gasteiger partial charge in [0.15, 0.2) is 5.60 Å². The Labute approximate surface area is 197 Å². The SMILES string of the molecule is CCCCOc1ccc(S(=O)(=O)N(CCC)CCc2ccc(OC(C)(C)C(=O)O)cc2)cc1. The van der Waals surface area contributed by atoms with Crippen molar-refractivity contribution in [2.24, 2.45) is 0 Å². The molecule has 0 amide bonds. The number of nitrogens with zero attached hydrogens (tertiary/aromatic N) is 1. The molecule has 0 saturated carbocycles. The van der Waals surface area contributed by atoms with Crippen molar-refractivity contribution in [1.82, 2.24) is 4.31 Å². The fourth-order valence-corrected chi connectivity index (χ4v) is 4.64.